The molecule has 28 heavy (non-hydrogen) atoms. The molecule has 0 bridgehead atoms. The van der Waals surface area contributed by atoms with E-state index in [-0.39, 0.29) is 5.91 Å². The monoisotopic (exact) mass is 398 g/mol. The van der Waals surface area contributed by atoms with Gasteiger partial charge in [-0.3, -0.25) is 4.79 Å². The van der Waals surface area contributed by atoms with E-state index in [1.807, 2.05) is 12.1 Å². The summed E-state index contributed by atoms with van der Waals surface area (Å²) in [4.78, 5) is 19.1. The lowest BCUT2D eigenvalue weighted by Crippen LogP contribution is -2.33. The van der Waals surface area contributed by atoms with Crippen LogP contribution in [0.5, 0.6) is 0 Å². The van der Waals surface area contributed by atoms with Gasteiger partial charge < -0.3 is 19.7 Å². The summed E-state index contributed by atoms with van der Waals surface area (Å²) in [5.41, 5.74) is 2.49. The van der Waals surface area contributed by atoms with E-state index in [0.717, 1.165) is 18.7 Å². The van der Waals surface area contributed by atoms with Crippen molar-refractivity contribution in [2.45, 2.75) is 25.4 Å². The van der Waals surface area contributed by atoms with Crippen molar-refractivity contribution in [3.63, 3.8) is 0 Å². The van der Waals surface area contributed by atoms with Crippen LogP contribution in [0.2, 0.25) is 5.02 Å². The Labute approximate surface area is 168 Å². The number of hydrogen-bond acceptors (Lipinski definition) is 4. The molecule has 3 aromatic rings. The molecule has 3 heterocycles. The van der Waals surface area contributed by atoms with Crippen LogP contribution in [0, 0.1) is 0 Å². The van der Waals surface area contributed by atoms with Gasteiger partial charge in [0.2, 0.25) is 0 Å². The Morgan fingerprint density at radius 3 is 2.61 bits per heavy atom. The summed E-state index contributed by atoms with van der Waals surface area (Å²) < 4.78 is 1.72. The Bertz CT molecular complexity index is 964. The van der Waals surface area contributed by atoms with Gasteiger partial charge in [0.1, 0.15) is 11.3 Å². The molecule has 1 atom stereocenters. The highest BCUT2D eigenvalue weighted by Gasteiger charge is 2.16. The Hall–Kier alpha value is -2.41. The van der Waals surface area contributed by atoms with E-state index < -0.39 is 6.10 Å². The third-order valence-corrected chi connectivity index (χ3v) is 5.30. The van der Waals surface area contributed by atoms with Crippen molar-refractivity contribution in [3.05, 3.63) is 65.1 Å². The minimum atomic E-state index is -0.522. The molecule has 146 valence electrons. The molecule has 6 nitrogen and oxygen atoms in total. The van der Waals surface area contributed by atoms with Crippen molar-refractivity contribution in [2.75, 3.05) is 25.0 Å². The van der Waals surface area contributed by atoms with Crippen molar-refractivity contribution in [1.82, 2.24) is 14.3 Å². The minimum absolute atomic E-state index is 0.290. The summed E-state index contributed by atoms with van der Waals surface area (Å²) in [6, 6.07) is 10.8. The number of piperidine rings is 1. The van der Waals surface area contributed by atoms with Crippen LogP contribution in [-0.2, 0) is 0 Å². The van der Waals surface area contributed by atoms with Crippen molar-refractivity contribution in [1.29, 1.82) is 0 Å². The molecule has 0 unspecified atom stereocenters. The molecule has 0 aliphatic carbocycles. The van der Waals surface area contributed by atoms with Crippen LogP contribution in [0.25, 0.3) is 5.65 Å². The van der Waals surface area contributed by atoms with Crippen LogP contribution in [0.3, 0.4) is 0 Å². The number of aromatic nitrogens is 2. The van der Waals surface area contributed by atoms with Gasteiger partial charge in [0.15, 0.2) is 0 Å². The lowest BCUT2D eigenvalue weighted by Gasteiger charge is -2.28. The number of carbonyl (C=O) groups is 1. The van der Waals surface area contributed by atoms with Gasteiger partial charge in [0.25, 0.3) is 5.91 Å². The van der Waals surface area contributed by atoms with Gasteiger partial charge in [-0.25, -0.2) is 4.98 Å². The number of aliphatic hydroxyl groups is 1. The van der Waals surface area contributed by atoms with Crippen LogP contribution >= 0.6 is 11.6 Å². The summed E-state index contributed by atoms with van der Waals surface area (Å²) >= 11 is 5.97. The largest absolute Gasteiger partial charge is 0.387 e. The molecular weight excluding hydrogens is 376 g/mol. The van der Waals surface area contributed by atoms with Gasteiger partial charge in [-0.2, -0.15) is 0 Å². The number of anilines is 1. The maximum Gasteiger partial charge on any atom is 0.275 e. The highest BCUT2D eigenvalue weighted by molar-refractivity contribution is 6.30. The van der Waals surface area contributed by atoms with E-state index >= 15 is 0 Å². The van der Waals surface area contributed by atoms with Crippen molar-refractivity contribution in [2.24, 2.45) is 0 Å². The number of halogens is 1. The molecule has 1 amide bonds. The van der Waals surface area contributed by atoms with E-state index in [0.29, 0.717) is 28.6 Å². The number of amides is 1. The van der Waals surface area contributed by atoms with Crippen molar-refractivity contribution < 1.29 is 9.90 Å². The quantitative estimate of drug-likeness (QED) is 0.686. The zero-order chi connectivity index (χ0) is 19.5. The van der Waals surface area contributed by atoms with Crippen molar-refractivity contribution in [3.8, 4) is 0 Å². The second kappa shape index (κ2) is 8.31. The molecule has 4 rings (SSSR count). The Kier molecular flexibility index (Phi) is 5.62. The summed E-state index contributed by atoms with van der Waals surface area (Å²) in [5, 5.41) is 13.9. The van der Waals surface area contributed by atoms with Gasteiger partial charge in [0.05, 0.1) is 11.1 Å². The maximum absolute atomic E-state index is 12.5. The molecule has 2 aromatic heterocycles. The zero-order valence-electron chi connectivity index (χ0n) is 15.5. The van der Waals surface area contributed by atoms with Crippen LogP contribution in [0.1, 0.15) is 41.4 Å². The predicted molar refractivity (Wildman–Crippen MR) is 110 cm³/mol. The highest BCUT2D eigenvalue weighted by Crippen LogP contribution is 2.20. The molecule has 7 heteroatoms. The molecule has 0 radical (unpaired) electrons. The lowest BCUT2D eigenvalue weighted by molar-refractivity contribution is 0.101. The van der Waals surface area contributed by atoms with Crippen LogP contribution in [-0.4, -0.2) is 44.9 Å². The normalized spacial score (nSPS) is 16.2. The molecule has 1 fully saturated rings. The number of nitrogens with zero attached hydrogens (tertiary/aromatic N) is 3. The number of β-amino-alcohol motifs (C(OH)–C–C–N with tert-alkyl or cyclic N) is 1. The number of hydrogen-bond donors (Lipinski definition) is 2. The van der Waals surface area contributed by atoms with E-state index in [9.17, 15) is 9.90 Å². The van der Waals surface area contributed by atoms with E-state index in [4.69, 9.17) is 11.6 Å². The van der Waals surface area contributed by atoms with Gasteiger partial charge in [-0.05, 0) is 55.8 Å². The summed E-state index contributed by atoms with van der Waals surface area (Å²) in [6.07, 6.45) is 6.51. The first-order valence-electron chi connectivity index (χ1n) is 9.54. The molecule has 2 N–H and O–H groups in total. The predicted octanol–water partition coefficient (Wildman–Crippen LogP) is 3.76. The van der Waals surface area contributed by atoms with E-state index in [2.05, 4.69) is 15.2 Å². The number of benzene rings is 1. The van der Waals surface area contributed by atoms with Crippen LogP contribution in [0.15, 0.2) is 48.8 Å². The lowest BCUT2D eigenvalue weighted by atomic mass is 10.1. The van der Waals surface area contributed by atoms with Gasteiger partial charge >= 0.3 is 0 Å². The van der Waals surface area contributed by atoms with Gasteiger partial charge in [0, 0.05) is 24.6 Å². The van der Waals surface area contributed by atoms with Gasteiger partial charge in [-0.1, -0.05) is 30.2 Å². The van der Waals surface area contributed by atoms with E-state index in [1.54, 1.807) is 41.1 Å². The average Bonchev–Trinajstić information content (AvgIpc) is 3.12. The second-order valence-corrected chi connectivity index (χ2v) is 7.63. The number of imidazole rings is 1. The smallest absolute Gasteiger partial charge is 0.275 e. The number of pyridine rings is 1. The summed E-state index contributed by atoms with van der Waals surface area (Å²) in [7, 11) is 0. The standard InChI is InChI=1S/C21H23ClN4O2/c22-16-6-9-20-24-18(13-26(20)12-16)21(28)23-17-7-4-15(5-8-17)19(27)14-25-10-2-1-3-11-25/h4-9,12-13,19,27H,1-3,10-11,14H2,(H,23,28)/t19-/m0/s1. The molecule has 1 aromatic carbocycles. The SMILES string of the molecule is O=C(Nc1ccc([C@@H](O)CN2CCCCC2)cc1)c1cn2cc(Cl)ccc2n1. The summed E-state index contributed by atoms with van der Waals surface area (Å²) in [6.45, 7) is 2.75. The first-order chi connectivity index (χ1) is 13.6. The second-order valence-electron chi connectivity index (χ2n) is 7.19. The molecule has 1 aliphatic rings. The number of likely N-dealkylation sites (tertiary alicyclic amines) is 1. The number of carbonyl (C=O) groups excluding carboxylic acids is 1. The van der Waals surface area contributed by atoms with E-state index in [1.165, 1.54) is 19.3 Å². The summed E-state index contributed by atoms with van der Waals surface area (Å²) in [5.74, 6) is -0.290. The third kappa shape index (κ3) is 4.35. The molecule has 1 saturated heterocycles. The number of nitrogens with one attached hydrogen (secondary N) is 1. The Morgan fingerprint density at radius 1 is 1.11 bits per heavy atom. The topological polar surface area (TPSA) is 69.9 Å². The first kappa shape index (κ1) is 18.9. The molecule has 0 saturated carbocycles. The van der Waals surface area contributed by atoms with Crippen LogP contribution in [0.4, 0.5) is 5.69 Å². The minimum Gasteiger partial charge on any atom is -0.387 e. The maximum atomic E-state index is 12.5. The number of aliphatic hydroxyl groups excluding tert-OH is 1. The van der Waals surface area contributed by atoms with Crippen molar-refractivity contribution >= 4 is 28.8 Å². The van der Waals surface area contributed by atoms with Gasteiger partial charge in [-0.15, -0.1) is 0 Å². The number of fused-ring (bicyclic) bond motifs is 1. The Balaban J connectivity index is 1.39. The fourth-order valence-electron chi connectivity index (χ4n) is 3.55. The fourth-order valence-corrected chi connectivity index (χ4v) is 3.72. The Morgan fingerprint density at radius 2 is 1.86 bits per heavy atom. The molecule has 1 aliphatic heterocycles. The molecule has 0 spiro atoms. The molecular formula is C21H23ClN4O2. The van der Waals surface area contributed by atoms with Crippen LogP contribution < -0.4 is 5.32 Å². The fraction of sp³-hybridized carbons (Fsp3) is 0.333. The first-order valence-corrected chi connectivity index (χ1v) is 9.92. The average molecular weight is 399 g/mol. The zero-order valence-corrected chi connectivity index (χ0v) is 16.3. The number of rotatable bonds is 5. The highest BCUT2D eigenvalue weighted by atomic mass is 35.5. The third-order valence-electron chi connectivity index (χ3n) is 5.08.